The Morgan fingerprint density at radius 3 is 2.52 bits per heavy atom. The molecule has 0 bridgehead atoms. The first-order valence-corrected chi connectivity index (χ1v) is 8.64. The van der Waals surface area contributed by atoms with Crippen LogP contribution in [0.1, 0.15) is 15.9 Å². The average molecular weight is 411 g/mol. The molecule has 0 saturated carbocycles. The van der Waals surface area contributed by atoms with Gasteiger partial charge in [0, 0.05) is 25.7 Å². The summed E-state index contributed by atoms with van der Waals surface area (Å²) in [6.45, 7) is -0.237. The van der Waals surface area contributed by atoms with Crippen LogP contribution in [0.15, 0.2) is 48.5 Å². The second kappa shape index (κ2) is 9.87. The summed E-state index contributed by atoms with van der Waals surface area (Å²) < 4.78 is 41.4. The summed E-state index contributed by atoms with van der Waals surface area (Å²) in [6.07, 6.45) is -4.56. The van der Waals surface area contributed by atoms with Crippen molar-refractivity contribution in [3.8, 4) is 5.75 Å². The van der Waals surface area contributed by atoms with Crippen molar-refractivity contribution >= 4 is 11.6 Å². The minimum Gasteiger partial charge on any atom is -0.484 e. The molecule has 0 saturated heterocycles. The van der Waals surface area contributed by atoms with E-state index in [0.717, 1.165) is 23.8 Å². The Labute approximate surface area is 165 Å². The molecule has 1 amide bonds. The molecule has 0 fully saturated rings. The summed E-state index contributed by atoms with van der Waals surface area (Å²) in [7, 11) is 1.85. The molecule has 0 spiro atoms. The van der Waals surface area contributed by atoms with Crippen molar-refractivity contribution in [2.75, 3.05) is 26.7 Å². The lowest BCUT2D eigenvalue weighted by molar-refractivity contribution is -0.385. The lowest BCUT2D eigenvalue weighted by Crippen LogP contribution is -2.33. The largest absolute Gasteiger partial charge is 0.484 e. The normalized spacial score (nSPS) is 11.3. The molecule has 0 aromatic heterocycles. The number of amides is 1. The quantitative estimate of drug-likeness (QED) is 0.505. The number of carbonyl (C=O) groups is 1. The molecule has 1 N–H and O–H groups in total. The third-order valence-electron chi connectivity index (χ3n) is 3.89. The van der Waals surface area contributed by atoms with E-state index >= 15 is 0 Å². The van der Waals surface area contributed by atoms with E-state index in [9.17, 15) is 28.1 Å². The zero-order valence-corrected chi connectivity index (χ0v) is 15.6. The minimum absolute atomic E-state index is 0.201. The van der Waals surface area contributed by atoms with Crippen LogP contribution in [0.5, 0.6) is 5.75 Å². The fourth-order valence-corrected chi connectivity index (χ4v) is 2.54. The molecule has 2 aromatic carbocycles. The number of hydrogen-bond acceptors (Lipinski definition) is 5. The first-order valence-electron chi connectivity index (χ1n) is 8.64. The predicted octanol–water partition coefficient (Wildman–Crippen LogP) is 3.40. The lowest BCUT2D eigenvalue weighted by Gasteiger charge is -2.17. The summed E-state index contributed by atoms with van der Waals surface area (Å²) >= 11 is 0. The number of rotatable bonds is 9. The molecule has 2 aromatic rings. The van der Waals surface area contributed by atoms with Crippen molar-refractivity contribution in [2.45, 2.75) is 12.7 Å². The van der Waals surface area contributed by atoms with Gasteiger partial charge < -0.3 is 15.0 Å². The van der Waals surface area contributed by atoms with Crippen LogP contribution >= 0.6 is 0 Å². The topological polar surface area (TPSA) is 84.7 Å². The SMILES string of the molecule is CN(CCNC(=O)c1cc(OCC(F)(F)F)ccc1[N+](=O)[O-])Cc1ccccc1. The first kappa shape index (κ1) is 22.2. The fraction of sp³-hybridized carbons (Fsp3) is 0.316. The molecule has 0 aliphatic rings. The number of nitro benzene ring substituents is 1. The van der Waals surface area contributed by atoms with Gasteiger partial charge in [-0.3, -0.25) is 14.9 Å². The number of halogens is 3. The van der Waals surface area contributed by atoms with Crippen LogP contribution in [-0.4, -0.2) is 48.7 Å². The van der Waals surface area contributed by atoms with Crippen molar-refractivity contribution in [3.05, 3.63) is 69.8 Å². The second-order valence-corrected chi connectivity index (χ2v) is 6.32. The van der Waals surface area contributed by atoms with Crippen LogP contribution in [0.3, 0.4) is 0 Å². The van der Waals surface area contributed by atoms with Crippen LogP contribution in [0.4, 0.5) is 18.9 Å². The van der Waals surface area contributed by atoms with E-state index in [1.54, 1.807) is 0 Å². The van der Waals surface area contributed by atoms with Gasteiger partial charge in [0.25, 0.3) is 11.6 Å². The van der Waals surface area contributed by atoms with Crippen LogP contribution < -0.4 is 10.1 Å². The standard InChI is InChI=1S/C19H20F3N3O4/c1-24(12-14-5-3-2-4-6-14)10-9-23-18(26)16-11-15(29-13-19(20,21)22)7-8-17(16)25(27)28/h2-8,11H,9-10,12-13H2,1H3,(H,23,26). The van der Waals surface area contributed by atoms with Gasteiger partial charge in [-0.2, -0.15) is 13.2 Å². The van der Waals surface area contributed by atoms with E-state index in [4.69, 9.17) is 0 Å². The molecule has 0 unspecified atom stereocenters. The third kappa shape index (κ3) is 7.41. The number of nitrogens with zero attached hydrogens (tertiary/aromatic N) is 2. The molecule has 0 aliphatic heterocycles. The number of ether oxygens (including phenoxy) is 1. The molecular formula is C19H20F3N3O4. The number of likely N-dealkylation sites (N-methyl/N-ethyl adjacent to an activating group) is 1. The van der Waals surface area contributed by atoms with Gasteiger partial charge in [-0.25, -0.2) is 0 Å². The molecule has 0 heterocycles. The van der Waals surface area contributed by atoms with Crippen LogP contribution in [-0.2, 0) is 6.54 Å². The maximum atomic E-state index is 12.4. The lowest BCUT2D eigenvalue weighted by atomic mass is 10.1. The Morgan fingerprint density at radius 1 is 1.21 bits per heavy atom. The third-order valence-corrected chi connectivity index (χ3v) is 3.89. The highest BCUT2D eigenvalue weighted by Gasteiger charge is 2.29. The average Bonchev–Trinajstić information content (AvgIpc) is 2.66. The van der Waals surface area contributed by atoms with Crippen LogP contribution in [0.2, 0.25) is 0 Å². The number of nitro groups is 1. The Balaban J connectivity index is 1.97. The fourth-order valence-electron chi connectivity index (χ4n) is 2.54. The molecule has 156 valence electrons. The minimum atomic E-state index is -4.56. The van der Waals surface area contributed by atoms with Gasteiger partial charge in [-0.05, 0) is 24.7 Å². The van der Waals surface area contributed by atoms with Crippen molar-refractivity contribution in [3.63, 3.8) is 0 Å². The molecule has 7 nitrogen and oxygen atoms in total. The van der Waals surface area contributed by atoms with Crippen LogP contribution in [0, 0.1) is 10.1 Å². The zero-order chi connectivity index (χ0) is 21.4. The number of hydrogen-bond donors (Lipinski definition) is 1. The highest BCUT2D eigenvalue weighted by Crippen LogP contribution is 2.25. The van der Waals surface area contributed by atoms with Crippen molar-refractivity contribution in [2.24, 2.45) is 0 Å². The molecule has 2 rings (SSSR count). The molecule has 10 heteroatoms. The summed E-state index contributed by atoms with van der Waals surface area (Å²) in [6, 6.07) is 12.6. The van der Waals surface area contributed by atoms with Crippen molar-refractivity contribution in [1.29, 1.82) is 0 Å². The van der Waals surface area contributed by atoms with Crippen LogP contribution in [0.25, 0.3) is 0 Å². The summed E-state index contributed by atoms with van der Waals surface area (Å²) in [4.78, 5) is 24.7. The Kier molecular flexibility index (Phi) is 7.54. The van der Waals surface area contributed by atoms with Gasteiger partial charge in [-0.1, -0.05) is 30.3 Å². The monoisotopic (exact) mass is 411 g/mol. The van der Waals surface area contributed by atoms with Gasteiger partial charge in [0.1, 0.15) is 11.3 Å². The zero-order valence-electron chi connectivity index (χ0n) is 15.6. The van der Waals surface area contributed by atoms with E-state index in [2.05, 4.69) is 10.1 Å². The number of alkyl halides is 3. The maximum Gasteiger partial charge on any atom is 0.422 e. The van der Waals surface area contributed by atoms with E-state index < -0.39 is 29.3 Å². The molecule has 29 heavy (non-hydrogen) atoms. The predicted molar refractivity (Wildman–Crippen MR) is 99.8 cm³/mol. The molecule has 0 atom stereocenters. The molecule has 0 aliphatic carbocycles. The highest BCUT2D eigenvalue weighted by atomic mass is 19.4. The summed E-state index contributed by atoms with van der Waals surface area (Å²) in [5.74, 6) is -1.04. The highest BCUT2D eigenvalue weighted by molar-refractivity contribution is 5.98. The molecular weight excluding hydrogens is 391 g/mol. The smallest absolute Gasteiger partial charge is 0.422 e. The van der Waals surface area contributed by atoms with Gasteiger partial charge in [0.15, 0.2) is 6.61 Å². The van der Waals surface area contributed by atoms with Gasteiger partial charge in [0.05, 0.1) is 4.92 Å². The van der Waals surface area contributed by atoms with Gasteiger partial charge >= 0.3 is 6.18 Å². The number of benzene rings is 2. The van der Waals surface area contributed by atoms with E-state index in [1.807, 2.05) is 42.3 Å². The number of nitrogens with one attached hydrogen (secondary N) is 1. The van der Waals surface area contributed by atoms with Crippen molar-refractivity contribution < 1.29 is 27.6 Å². The van der Waals surface area contributed by atoms with Crippen molar-refractivity contribution in [1.82, 2.24) is 10.2 Å². The summed E-state index contributed by atoms with van der Waals surface area (Å²) in [5.41, 5.74) is 0.214. The van der Waals surface area contributed by atoms with Gasteiger partial charge in [0.2, 0.25) is 0 Å². The second-order valence-electron chi connectivity index (χ2n) is 6.32. The molecule has 0 radical (unpaired) electrons. The Bertz CT molecular complexity index is 844. The summed E-state index contributed by atoms with van der Waals surface area (Å²) in [5, 5.41) is 13.7. The Hall–Kier alpha value is -3.14. The van der Waals surface area contributed by atoms with E-state index in [1.165, 1.54) is 0 Å². The first-order chi connectivity index (χ1) is 13.7. The van der Waals surface area contributed by atoms with E-state index in [0.29, 0.717) is 13.1 Å². The number of carbonyl (C=O) groups excluding carboxylic acids is 1. The Morgan fingerprint density at radius 2 is 1.90 bits per heavy atom. The van der Waals surface area contributed by atoms with E-state index in [-0.39, 0.29) is 17.9 Å². The maximum absolute atomic E-state index is 12.4. The van der Waals surface area contributed by atoms with Gasteiger partial charge in [-0.15, -0.1) is 0 Å².